The van der Waals surface area contributed by atoms with E-state index in [4.69, 9.17) is 19.7 Å². The van der Waals surface area contributed by atoms with Crippen molar-refractivity contribution in [2.75, 3.05) is 26.3 Å². The van der Waals surface area contributed by atoms with Gasteiger partial charge in [0.1, 0.15) is 10.7 Å². The van der Waals surface area contributed by atoms with Gasteiger partial charge in [0, 0.05) is 49.3 Å². The maximum Gasteiger partial charge on any atom is 0.143 e. The molecule has 2 fully saturated rings. The number of pyridine rings is 3. The first-order chi connectivity index (χ1) is 16.7. The van der Waals surface area contributed by atoms with Crippen molar-refractivity contribution in [3.05, 3.63) is 70.9 Å². The van der Waals surface area contributed by atoms with Crippen molar-refractivity contribution >= 4 is 21.6 Å². The van der Waals surface area contributed by atoms with Crippen molar-refractivity contribution in [1.29, 1.82) is 0 Å². The number of hydrogen-bond acceptors (Lipinski definition) is 7. The molecule has 4 aromatic rings. The number of fused-ring (bicyclic) bond motifs is 1. The van der Waals surface area contributed by atoms with Crippen LogP contribution in [0, 0.1) is 6.92 Å². The maximum atomic E-state index is 5.68. The van der Waals surface area contributed by atoms with Crippen LogP contribution in [0.25, 0.3) is 20.9 Å². The van der Waals surface area contributed by atoms with Gasteiger partial charge in [-0.2, -0.15) is 0 Å². The Kier molecular flexibility index (Phi) is 6.07. The molecular weight excluding hydrogens is 442 g/mol. The van der Waals surface area contributed by atoms with Crippen LogP contribution in [0.5, 0.6) is 0 Å². The van der Waals surface area contributed by atoms with Crippen molar-refractivity contribution in [2.24, 2.45) is 0 Å². The molecule has 2 aliphatic rings. The molecule has 174 valence electrons. The number of nitrogens with zero attached hydrogens (tertiary/aromatic N) is 5. The Morgan fingerprint density at radius 1 is 1.09 bits per heavy atom. The number of rotatable bonds is 6. The molecule has 0 aromatic carbocycles. The first kappa shape index (κ1) is 21.8. The average molecular weight is 472 g/mol. The summed E-state index contributed by atoms with van der Waals surface area (Å²) in [6, 6.07) is 10.6. The third-order valence-electron chi connectivity index (χ3n) is 6.91. The van der Waals surface area contributed by atoms with Crippen LogP contribution in [0.4, 0.5) is 0 Å². The number of thiazole rings is 1. The highest BCUT2D eigenvalue weighted by Gasteiger charge is 2.23. The van der Waals surface area contributed by atoms with Gasteiger partial charge in [-0.25, -0.2) is 4.98 Å². The smallest absolute Gasteiger partial charge is 0.143 e. The summed E-state index contributed by atoms with van der Waals surface area (Å²) in [5, 5.41) is 0.946. The van der Waals surface area contributed by atoms with E-state index in [1.807, 2.05) is 18.5 Å². The molecule has 0 unspecified atom stereocenters. The van der Waals surface area contributed by atoms with E-state index in [0.717, 1.165) is 64.0 Å². The van der Waals surface area contributed by atoms with E-state index >= 15 is 0 Å². The number of hydrogen-bond donors (Lipinski definition) is 0. The van der Waals surface area contributed by atoms with Crippen molar-refractivity contribution in [1.82, 2.24) is 24.8 Å². The summed E-state index contributed by atoms with van der Waals surface area (Å²) >= 11 is 1.65. The zero-order valence-electron chi connectivity index (χ0n) is 19.5. The molecule has 1 atom stereocenters. The fourth-order valence-corrected chi connectivity index (χ4v) is 6.03. The van der Waals surface area contributed by atoms with Crippen molar-refractivity contribution < 1.29 is 4.74 Å². The molecule has 6 nitrogen and oxygen atoms in total. The molecule has 0 bridgehead atoms. The minimum atomic E-state index is 0.470. The van der Waals surface area contributed by atoms with Crippen LogP contribution in [-0.2, 0) is 17.7 Å². The highest BCUT2D eigenvalue weighted by Crippen LogP contribution is 2.32. The minimum Gasteiger partial charge on any atom is -0.381 e. The lowest BCUT2D eigenvalue weighted by Crippen LogP contribution is -2.21. The molecule has 2 saturated heterocycles. The van der Waals surface area contributed by atoms with Gasteiger partial charge in [-0.1, -0.05) is 12.1 Å². The van der Waals surface area contributed by atoms with Crippen LogP contribution in [0.1, 0.15) is 53.4 Å². The second kappa shape index (κ2) is 9.49. The molecule has 0 N–H and O–H groups in total. The fourth-order valence-electron chi connectivity index (χ4n) is 5.06. The lowest BCUT2D eigenvalue weighted by atomic mass is 9.95. The predicted molar refractivity (Wildman–Crippen MR) is 135 cm³/mol. The van der Waals surface area contributed by atoms with E-state index < -0.39 is 0 Å². The average Bonchev–Trinajstić information content (AvgIpc) is 3.62. The second-order valence-corrected chi connectivity index (χ2v) is 10.4. The van der Waals surface area contributed by atoms with Gasteiger partial charge in [0.25, 0.3) is 0 Å². The van der Waals surface area contributed by atoms with Gasteiger partial charge in [-0.05, 0) is 68.6 Å². The van der Waals surface area contributed by atoms with Gasteiger partial charge in [0.2, 0.25) is 0 Å². The van der Waals surface area contributed by atoms with Crippen LogP contribution in [-0.4, -0.2) is 51.1 Å². The molecule has 2 aliphatic heterocycles. The quantitative estimate of drug-likeness (QED) is 0.388. The summed E-state index contributed by atoms with van der Waals surface area (Å²) in [6.45, 7) is 7.02. The van der Waals surface area contributed by atoms with Crippen molar-refractivity contribution in [2.45, 2.75) is 45.1 Å². The predicted octanol–water partition coefficient (Wildman–Crippen LogP) is 5.15. The zero-order chi connectivity index (χ0) is 22.9. The Morgan fingerprint density at radius 2 is 2.00 bits per heavy atom. The Balaban J connectivity index is 1.27. The zero-order valence-corrected chi connectivity index (χ0v) is 20.4. The molecule has 6 rings (SSSR count). The highest BCUT2D eigenvalue weighted by atomic mass is 32.1. The lowest BCUT2D eigenvalue weighted by molar-refractivity contribution is 0.193. The molecule has 0 aliphatic carbocycles. The van der Waals surface area contributed by atoms with Crippen LogP contribution in [0.2, 0.25) is 0 Å². The largest absolute Gasteiger partial charge is 0.381 e. The van der Waals surface area contributed by atoms with E-state index in [9.17, 15) is 0 Å². The highest BCUT2D eigenvalue weighted by molar-refractivity contribution is 7.21. The molecule has 0 spiro atoms. The normalized spacial score (nSPS) is 18.8. The number of likely N-dealkylation sites (tertiary alicyclic amines) is 1. The van der Waals surface area contributed by atoms with E-state index in [0.29, 0.717) is 12.3 Å². The first-order valence-electron chi connectivity index (χ1n) is 12.2. The second-order valence-electron chi connectivity index (χ2n) is 9.39. The molecule has 34 heavy (non-hydrogen) atoms. The van der Waals surface area contributed by atoms with Crippen LogP contribution >= 0.6 is 11.3 Å². The van der Waals surface area contributed by atoms with E-state index in [1.165, 1.54) is 37.2 Å². The molecule has 0 radical (unpaired) electrons. The molecule has 4 aromatic heterocycles. The third-order valence-corrected chi connectivity index (χ3v) is 7.93. The lowest BCUT2D eigenvalue weighted by Gasteiger charge is -2.20. The minimum absolute atomic E-state index is 0.470. The molecule has 0 saturated carbocycles. The Morgan fingerprint density at radius 3 is 2.82 bits per heavy atom. The SMILES string of the molecule is Cc1cccnc1-c1nc2cc(Cc3ccc([C@H]4CCOC4)c(CN4CCCC4)n3)ncc2s1. The standard InChI is InChI=1S/C27H29N5OS/c1-18-5-4-9-28-26(18)27-31-23-14-21(29-15-25(23)34-27)13-20-6-7-22(19-8-12-33-17-19)24(30-20)16-32-10-2-3-11-32/h4-7,9,14-15,19H,2-3,8,10-13,16-17H2,1H3/t19-/m0/s1. The van der Waals surface area contributed by atoms with Gasteiger partial charge in [0.15, 0.2) is 0 Å². The maximum absolute atomic E-state index is 5.68. The molecular formula is C27H29N5OS. The van der Waals surface area contributed by atoms with Gasteiger partial charge in [-0.3, -0.25) is 19.9 Å². The summed E-state index contributed by atoms with van der Waals surface area (Å²) in [5.41, 5.74) is 7.72. The molecule has 0 amide bonds. The Bertz CT molecular complexity index is 1310. The van der Waals surface area contributed by atoms with Gasteiger partial charge < -0.3 is 4.74 Å². The summed E-state index contributed by atoms with van der Waals surface area (Å²) in [5.74, 6) is 0.470. The number of ether oxygens (including phenoxy) is 1. The number of aryl methyl sites for hydroxylation is 1. The third kappa shape index (κ3) is 4.48. The number of aromatic nitrogens is 4. The molecule has 6 heterocycles. The summed E-state index contributed by atoms with van der Waals surface area (Å²) < 4.78 is 6.77. The van der Waals surface area contributed by atoms with Crippen molar-refractivity contribution in [3.8, 4) is 10.7 Å². The van der Waals surface area contributed by atoms with Crippen LogP contribution in [0.3, 0.4) is 0 Å². The Hall–Kier alpha value is -2.74. The van der Waals surface area contributed by atoms with E-state index in [2.05, 4.69) is 41.1 Å². The fraction of sp³-hybridized carbons (Fsp3) is 0.407. The van der Waals surface area contributed by atoms with Gasteiger partial charge >= 0.3 is 0 Å². The Labute approximate surface area is 204 Å². The topological polar surface area (TPSA) is 64.0 Å². The monoisotopic (exact) mass is 471 g/mol. The van der Waals surface area contributed by atoms with Gasteiger partial charge in [0.05, 0.1) is 22.5 Å². The van der Waals surface area contributed by atoms with Crippen LogP contribution < -0.4 is 0 Å². The summed E-state index contributed by atoms with van der Waals surface area (Å²) in [4.78, 5) is 21.8. The summed E-state index contributed by atoms with van der Waals surface area (Å²) in [7, 11) is 0. The van der Waals surface area contributed by atoms with Crippen LogP contribution in [0.15, 0.2) is 42.7 Å². The van der Waals surface area contributed by atoms with E-state index in [1.54, 1.807) is 11.3 Å². The summed E-state index contributed by atoms with van der Waals surface area (Å²) in [6.07, 6.45) is 8.15. The van der Waals surface area contributed by atoms with E-state index in [-0.39, 0.29) is 0 Å². The van der Waals surface area contributed by atoms with Gasteiger partial charge in [-0.15, -0.1) is 11.3 Å². The van der Waals surface area contributed by atoms with Crippen molar-refractivity contribution in [3.63, 3.8) is 0 Å². The first-order valence-corrected chi connectivity index (χ1v) is 13.0. The molecule has 7 heteroatoms.